The molecule has 0 N–H and O–H groups in total. The van der Waals surface area contributed by atoms with Crippen LogP contribution in [-0.4, -0.2) is 45.8 Å². The van der Waals surface area contributed by atoms with Crippen LogP contribution < -0.4 is 9.64 Å². The maximum Gasteiger partial charge on any atom is 0.192 e. The number of anilines is 1. The van der Waals surface area contributed by atoms with Crippen molar-refractivity contribution in [2.75, 3.05) is 11.5 Å². The Morgan fingerprint density at radius 3 is 2.56 bits per heavy atom. The monoisotopic (exact) mass is 637 g/mol. The largest absolute Gasteiger partial charge is 0.491 e. The van der Waals surface area contributed by atoms with Gasteiger partial charge in [0.1, 0.15) is 23.9 Å². The van der Waals surface area contributed by atoms with Gasteiger partial charge >= 0.3 is 0 Å². The molecular weight excluding hydrogens is 599 g/mol. The average Bonchev–Trinajstić information content (AvgIpc) is 3.55. The topological polar surface area (TPSA) is 78.2 Å². The molecule has 0 spiro atoms. The molecule has 1 atom stereocenters. The van der Waals surface area contributed by atoms with Crippen molar-refractivity contribution in [3.63, 3.8) is 0 Å². The summed E-state index contributed by atoms with van der Waals surface area (Å²) < 4.78 is 14.4. The third-order valence-electron chi connectivity index (χ3n) is 8.31. The number of nitrogens with zero attached hydrogens (tertiary/aromatic N) is 6. The number of aryl methyl sites for hydroxylation is 1. The summed E-state index contributed by atoms with van der Waals surface area (Å²) in [6, 6.07) is 9.59. The van der Waals surface area contributed by atoms with Crippen molar-refractivity contribution in [3.8, 4) is 28.5 Å². The van der Waals surface area contributed by atoms with Gasteiger partial charge in [-0.25, -0.2) is 9.97 Å². The van der Waals surface area contributed by atoms with Crippen molar-refractivity contribution in [2.45, 2.75) is 78.5 Å². The van der Waals surface area contributed by atoms with Gasteiger partial charge in [-0.2, -0.15) is 5.10 Å². The molecule has 0 unspecified atom stereocenters. The Bertz CT molecular complexity index is 1610. The fourth-order valence-electron chi connectivity index (χ4n) is 4.93. The summed E-state index contributed by atoms with van der Waals surface area (Å²) in [5.41, 5.74) is 5.22. The van der Waals surface area contributed by atoms with Gasteiger partial charge in [-0.3, -0.25) is 9.67 Å². The summed E-state index contributed by atoms with van der Waals surface area (Å²) >= 11 is 13.5. The summed E-state index contributed by atoms with van der Waals surface area (Å²) in [6.45, 7) is 21.6. The molecule has 4 aromatic rings. The van der Waals surface area contributed by atoms with E-state index >= 15 is 0 Å². The minimum absolute atomic E-state index is 0.0808. The van der Waals surface area contributed by atoms with E-state index in [-0.39, 0.29) is 11.1 Å². The van der Waals surface area contributed by atoms with Crippen LogP contribution >= 0.6 is 23.2 Å². The molecule has 0 fully saturated rings. The first-order chi connectivity index (χ1) is 20.3. The highest BCUT2D eigenvalue weighted by atomic mass is 35.5. The molecule has 4 heterocycles. The summed E-state index contributed by atoms with van der Waals surface area (Å²) in [7, 11) is -1.98. The molecule has 1 radical (unpaired) electrons. The molecule has 227 valence electrons. The van der Waals surface area contributed by atoms with Crippen LogP contribution in [0.25, 0.3) is 22.8 Å². The molecule has 1 aliphatic heterocycles. The number of aromatic nitrogens is 5. The Morgan fingerprint density at radius 2 is 1.86 bits per heavy atom. The van der Waals surface area contributed by atoms with Crippen LogP contribution in [-0.2, 0) is 24.1 Å². The first-order valence-corrected chi connectivity index (χ1v) is 18.2. The molecule has 11 heteroatoms. The number of fused-ring (bicyclic) bond motifs is 1. The van der Waals surface area contributed by atoms with Gasteiger partial charge in [-0.1, -0.05) is 50.0 Å². The number of halogens is 2. The van der Waals surface area contributed by atoms with Crippen LogP contribution in [0.15, 0.2) is 42.7 Å². The normalized spacial score (nSPS) is 14.2. The van der Waals surface area contributed by atoms with Crippen molar-refractivity contribution in [3.05, 3.63) is 76.5 Å². The van der Waals surface area contributed by atoms with Crippen molar-refractivity contribution in [2.24, 2.45) is 0 Å². The van der Waals surface area contributed by atoms with Crippen LogP contribution in [0.5, 0.6) is 5.75 Å². The van der Waals surface area contributed by atoms with E-state index in [2.05, 4.69) is 61.8 Å². The maximum atomic E-state index is 6.79. The Labute approximate surface area is 265 Å². The van der Waals surface area contributed by atoms with E-state index < -0.39 is 8.32 Å². The summed E-state index contributed by atoms with van der Waals surface area (Å²) in [6.07, 6.45) is 3.17. The number of hydrogen-bond donors (Lipinski definition) is 0. The molecule has 3 aromatic heterocycles. The second-order valence-electron chi connectivity index (χ2n) is 12.4. The molecule has 43 heavy (non-hydrogen) atoms. The molecule has 0 saturated heterocycles. The minimum atomic E-state index is -1.98. The highest BCUT2D eigenvalue weighted by Gasteiger charge is 2.38. The SMILES string of the molecule is [CH2][C@H](COc1ccc(Cl)c(-c2nc(-c3c(Cl)cnn3CC)c(C)c(N3Cc4cccnc4C3)n2)c1)O[Si](C)(C)C(C)(C)C. The van der Waals surface area contributed by atoms with Crippen LogP contribution in [0.1, 0.15) is 44.5 Å². The van der Waals surface area contributed by atoms with Gasteiger partial charge in [0.2, 0.25) is 0 Å². The molecule has 5 rings (SSSR count). The quantitative estimate of drug-likeness (QED) is 0.171. The highest BCUT2D eigenvalue weighted by Crippen LogP contribution is 2.40. The fourth-order valence-corrected chi connectivity index (χ4v) is 6.62. The highest BCUT2D eigenvalue weighted by molar-refractivity contribution is 6.74. The Morgan fingerprint density at radius 1 is 1.09 bits per heavy atom. The Hall–Kier alpha value is -2.98. The molecular formula is C32H39Cl2N6O2Si. The molecule has 0 amide bonds. The van der Waals surface area contributed by atoms with Gasteiger partial charge in [-0.15, -0.1) is 0 Å². The predicted octanol–water partition coefficient (Wildman–Crippen LogP) is 8.16. The van der Waals surface area contributed by atoms with E-state index in [0.29, 0.717) is 59.1 Å². The zero-order valence-corrected chi connectivity index (χ0v) is 28.4. The second-order valence-corrected chi connectivity index (χ2v) is 18.0. The second kappa shape index (κ2) is 12.2. The standard InChI is InChI=1S/C32H39Cl2N6O2Si/c1-9-40-29(26(34)16-36-40)28-21(3)31(39-17-22-11-10-14-35-27(22)18-39)38-30(37-28)24-15-23(12-13-25(24)33)41-19-20(2)42-43(7,8)32(4,5)6/h10-16,20H,2,9,17-19H2,1,3-8H3/t20-/m1/s1. The van der Waals surface area contributed by atoms with E-state index in [9.17, 15) is 0 Å². The van der Waals surface area contributed by atoms with Crippen molar-refractivity contribution >= 4 is 37.3 Å². The molecule has 0 bridgehead atoms. The Balaban J connectivity index is 1.52. The minimum Gasteiger partial charge on any atom is -0.491 e. The van der Waals surface area contributed by atoms with Crippen molar-refractivity contribution < 1.29 is 9.16 Å². The number of ether oxygens (including phenoxy) is 1. The maximum absolute atomic E-state index is 6.79. The van der Waals surface area contributed by atoms with Gasteiger partial charge in [0.15, 0.2) is 14.1 Å². The van der Waals surface area contributed by atoms with E-state index in [1.165, 1.54) is 5.56 Å². The van der Waals surface area contributed by atoms with Gasteiger partial charge in [-0.05, 0) is 68.7 Å². The molecule has 1 aromatic carbocycles. The predicted molar refractivity (Wildman–Crippen MR) is 176 cm³/mol. The van der Waals surface area contributed by atoms with Crippen molar-refractivity contribution in [1.82, 2.24) is 24.7 Å². The molecule has 0 aliphatic carbocycles. The lowest BCUT2D eigenvalue weighted by molar-refractivity contribution is 0.148. The summed E-state index contributed by atoms with van der Waals surface area (Å²) in [4.78, 5) is 16.9. The summed E-state index contributed by atoms with van der Waals surface area (Å²) in [5.74, 6) is 1.90. The van der Waals surface area contributed by atoms with Crippen LogP contribution in [0.4, 0.5) is 5.82 Å². The zero-order chi connectivity index (χ0) is 31.1. The van der Waals surface area contributed by atoms with Crippen LogP contribution in [0.2, 0.25) is 28.2 Å². The van der Waals surface area contributed by atoms with Gasteiger partial charge in [0.25, 0.3) is 0 Å². The zero-order valence-electron chi connectivity index (χ0n) is 25.9. The lowest BCUT2D eigenvalue weighted by Gasteiger charge is -2.38. The van der Waals surface area contributed by atoms with E-state index in [1.807, 2.05) is 42.9 Å². The van der Waals surface area contributed by atoms with E-state index in [4.69, 9.17) is 42.3 Å². The van der Waals surface area contributed by atoms with Gasteiger partial charge in [0.05, 0.1) is 40.3 Å². The van der Waals surface area contributed by atoms with Gasteiger partial charge < -0.3 is 14.1 Å². The third kappa shape index (κ3) is 6.45. The molecule has 8 nitrogen and oxygen atoms in total. The average molecular weight is 639 g/mol. The first kappa shape index (κ1) is 31.4. The number of hydrogen-bond acceptors (Lipinski definition) is 7. The smallest absolute Gasteiger partial charge is 0.192 e. The fraction of sp³-hybridized carbons (Fsp3) is 0.406. The Kier molecular flexibility index (Phi) is 8.91. The summed E-state index contributed by atoms with van der Waals surface area (Å²) in [5, 5.41) is 5.59. The van der Waals surface area contributed by atoms with E-state index in [1.54, 1.807) is 12.3 Å². The van der Waals surface area contributed by atoms with E-state index in [0.717, 1.165) is 22.8 Å². The lowest BCUT2D eigenvalue weighted by Crippen LogP contribution is -2.44. The number of pyridine rings is 1. The number of rotatable bonds is 9. The molecule has 0 saturated carbocycles. The van der Waals surface area contributed by atoms with Crippen molar-refractivity contribution in [1.29, 1.82) is 0 Å². The third-order valence-corrected chi connectivity index (χ3v) is 13.4. The van der Waals surface area contributed by atoms with Gasteiger partial charge in [0, 0.05) is 30.4 Å². The first-order valence-electron chi connectivity index (χ1n) is 14.5. The lowest BCUT2D eigenvalue weighted by atomic mass is 10.1. The number of benzene rings is 1. The van der Waals surface area contributed by atoms with Crippen LogP contribution in [0, 0.1) is 13.8 Å². The molecule has 1 aliphatic rings. The van der Waals surface area contributed by atoms with Crippen LogP contribution in [0.3, 0.4) is 0 Å².